The maximum atomic E-state index is 6.06. The number of hydrogen-bond donors (Lipinski definition) is 1. The van der Waals surface area contributed by atoms with Gasteiger partial charge in [0.25, 0.3) is 0 Å². The van der Waals surface area contributed by atoms with Crippen molar-refractivity contribution in [3.05, 3.63) is 0 Å². The minimum absolute atomic E-state index is 0. The highest BCUT2D eigenvalue weighted by molar-refractivity contribution is 14.0. The summed E-state index contributed by atoms with van der Waals surface area (Å²) < 4.78 is 0. The molecular formula is C13H27IN4. The van der Waals surface area contributed by atoms with Crippen LogP contribution in [0.5, 0.6) is 0 Å². The van der Waals surface area contributed by atoms with Crippen LogP contribution in [-0.4, -0.2) is 55.0 Å². The van der Waals surface area contributed by atoms with Crippen LogP contribution >= 0.6 is 24.0 Å². The smallest absolute Gasteiger partial charge is 0.191 e. The number of piperidine rings is 1. The molecule has 0 aromatic heterocycles. The minimum atomic E-state index is 0. The highest BCUT2D eigenvalue weighted by Crippen LogP contribution is 2.16. The van der Waals surface area contributed by atoms with E-state index in [0.717, 1.165) is 31.5 Å². The van der Waals surface area contributed by atoms with Gasteiger partial charge in [-0.3, -0.25) is 4.99 Å². The van der Waals surface area contributed by atoms with Crippen molar-refractivity contribution in [1.29, 1.82) is 0 Å². The van der Waals surface area contributed by atoms with Crippen LogP contribution in [0.1, 0.15) is 32.6 Å². The van der Waals surface area contributed by atoms with E-state index in [1.165, 1.54) is 45.3 Å². The third kappa shape index (κ3) is 4.57. The van der Waals surface area contributed by atoms with Crippen molar-refractivity contribution >= 4 is 29.9 Å². The summed E-state index contributed by atoms with van der Waals surface area (Å²) >= 11 is 0. The lowest BCUT2D eigenvalue weighted by Gasteiger charge is -2.27. The van der Waals surface area contributed by atoms with Crippen LogP contribution in [0.2, 0.25) is 0 Å². The molecular weight excluding hydrogens is 339 g/mol. The van der Waals surface area contributed by atoms with Gasteiger partial charge in [0.05, 0.1) is 0 Å². The molecule has 0 saturated carbocycles. The highest BCUT2D eigenvalue weighted by atomic mass is 127. The first-order valence-electron chi connectivity index (χ1n) is 7.07. The van der Waals surface area contributed by atoms with E-state index >= 15 is 0 Å². The van der Waals surface area contributed by atoms with Crippen LogP contribution in [0.15, 0.2) is 4.99 Å². The maximum absolute atomic E-state index is 6.06. The van der Waals surface area contributed by atoms with Gasteiger partial charge in [0.2, 0.25) is 0 Å². The topological polar surface area (TPSA) is 44.9 Å². The second-order valence-electron chi connectivity index (χ2n) is 5.29. The van der Waals surface area contributed by atoms with Crippen LogP contribution < -0.4 is 5.73 Å². The Balaban J connectivity index is 0.00000162. The number of nitrogens with zero attached hydrogens (tertiary/aromatic N) is 3. The monoisotopic (exact) mass is 366 g/mol. The van der Waals surface area contributed by atoms with Crippen LogP contribution in [0.3, 0.4) is 0 Å². The molecule has 2 heterocycles. The summed E-state index contributed by atoms with van der Waals surface area (Å²) in [4.78, 5) is 9.34. The van der Waals surface area contributed by atoms with E-state index in [1.807, 2.05) is 0 Å². The maximum Gasteiger partial charge on any atom is 0.191 e. The third-order valence-electron chi connectivity index (χ3n) is 4.01. The van der Waals surface area contributed by atoms with E-state index in [4.69, 9.17) is 5.73 Å². The molecule has 106 valence electrons. The molecule has 2 aliphatic heterocycles. The molecule has 0 radical (unpaired) electrons. The summed E-state index contributed by atoms with van der Waals surface area (Å²) in [5, 5.41) is 0. The number of guanidine groups is 1. The Kier molecular flexibility index (Phi) is 7.29. The normalized spacial score (nSPS) is 26.2. The van der Waals surface area contributed by atoms with Crippen molar-refractivity contribution in [2.75, 3.05) is 39.3 Å². The van der Waals surface area contributed by atoms with E-state index in [1.54, 1.807) is 0 Å². The number of rotatable bonds is 3. The SMILES string of the molecule is CCN1CCC(CN=C(N)N2CCCCC2)C1.I. The van der Waals surface area contributed by atoms with E-state index in [9.17, 15) is 0 Å². The van der Waals surface area contributed by atoms with E-state index in [0.29, 0.717) is 0 Å². The van der Waals surface area contributed by atoms with Crippen LogP contribution in [0.25, 0.3) is 0 Å². The van der Waals surface area contributed by atoms with Gasteiger partial charge in [-0.1, -0.05) is 6.92 Å². The van der Waals surface area contributed by atoms with Gasteiger partial charge in [0.1, 0.15) is 0 Å². The molecule has 0 aromatic carbocycles. The third-order valence-corrected chi connectivity index (χ3v) is 4.01. The molecule has 2 saturated heterocycles. The molecule has 2 N–H and O–H groups in total. The fourth-order valence-electron chi connectivity index (χ4n) is 2.79. The zero-order chi connectivity index (χ0) is 12.1. The predicted molar refractivity (Wildman–Crippen MR) is 87.5 cm³/mol. The quantitative estimate of drug-likeness (QED) is 0.470. The molecule has 0 bridgehead atoms. The Morgan fingerprint density at radius 1 is 1.22 bits per heavy atom. The van der Waals surface area contributed by atoms with Gasteiger partial charge in [0.15, 0.2) is 5.96 Å². The average Bonchev–Trinajstić information content (AvgIpc) is 2.85. The van der Waals surface area contributed by atoms with E-state index < -0.39 is 0 Å². The van der Waals surface area contributed by atoms with Gasteiger partial charge in [0, 0.05) is 26.2 Å². The van der Waals surface area contributed by atoms with Gasteiger partial charge in [-0.2, -0.15) is 0 Å². The summed E-state index contributed by atoms with van der Waals surface area (Å²) in [6, 6.07) is 0. The number of aliphatic imine (C=N–C) groups is 1. The Labute approximate surface area is 128 Å². The zero-order valence-electron chi connectivity index (χ0n) is 11.5. The fraction of sp³-hybridized carbons (Fsp3) is 0.923. The van der Waals surface area contributed by atoms with Gasteiger partial charge in [-0.05, 0) is 44.7 Å². The van der Waals surface area contributed by atoms with Gasteiger partial charge in [-0.15, -0.1) is 24.0 Å². The van der Waals surface area contributed by atoms with Crippen molar-refractivity contribution in [2.45, 2.75) is 32.6 Å². The Morgan fingerprint density at radius 3 is 2.56 bits per heavy atom. The molecule has 2 fully saturated rings. The average molecular weight is 366 g/mol. The lowest BCUT2D eigenvalue weighted by atomic mass is 10.1. The molecule has 2 aliphatic rings. The fourth-order valence-corrected chi connectivity index (χ4v) is 2.79. The second kappa shape index (κ2) is 8.19. The van der Waals surface area contributed by atoms with Gasteiger partial charge < -0.3 is 15.5 Å². The first-order chi connectivity index (χ1) is 8.29. The van der Waals surface area contributed by atoms with Crippen LogP contribution in [0, 0.1) is 5.92 Å². The van der Waals surface area contributed by atoms with E-state index in [2.05, 4.69) is 21.7 Å². The first-order valence-corrected chi connectivity index (χ1v) is 7.07. The lowest BCUT2D eigenvalue weighted by molar-refractivity contribution is 0.334. The summed E-state index contributed by atoms with van der Waals surface area (Å²) in [6.45, 7) is 8.95. The van der Waals surface area contributed by atoms with Gasteiger partial charge >= 0.3 is 0 Å². The largest absolute Gasteiger partial charge is 0.370 e. The molecule has 1 unspecified atom stereocenters. The van der Waals surface area contributed by atoms with Crippen LogP contribution in [-0.2, 0) is 0 Å². The number of likely N-dealkylation sites (tertiary alicyclic amines) is 2. The Hall–Kier alpha value is -0.0400. The van der Waals surface area contributed by atoms with Gasteiger partial charge in [-0.25, -0.2) is 0 Å². The lowest BCUT2D eigenvalue weighted by Crippen LogP contribution is -2.41. The standard InChI is InChI=1S/C13H26N4.HI/c1-2-16-9-6-12(11-16)10-15-13(14)17-7-4-3-5-8-17;/h12H,2-11H2,1H3,(H2,14,15);1H. The Morgan fingerprint density at radius 2 is 1.94 bits per heavy atom. The summed E-state index contributed by atoms with van der Waals surface area (Å²) in [6.07, 6.45) is 5.16. The van der Waals surface area contributed by atoms with Crippen LogP contribution in [0.4, 0.5) is 0 Å². The Bertz CT molecular complexity index is 264. The molecule has 2 rings (SSSR count). The summed E-state index contributed by atoms with van der Waals surface area (Å²) in [5.74, 6) is 1.50. The van der Waals surface area contributed by atoms with Crippen molar-refractivity contribution in [1.82, 2.24) is 9.80 Å². The predicted octanol–water partition coefficient (Wildman–Crippen LogP) is 1.75. The summed E-state index contributed by atoms with van der Waals surface area (Å²) in [5.41, 5.74) is 6.06. The molecule has 4 nitrogen and oxygen atoms in total. The van der Waals surface area contributed by atoms with E-state index in [-0.39, 0.29) is 24.0 Å². The van der Waals surface area contributed by atoms with Crippen molar-refractivity contribution < 1.29 is 0 Å². The van der Waals surface area contributed by atoms with Crippen molar-refractivity contribution in [2.24, 2.45) is 16.6 Å². The molecule has 5 heteroatoms. The second-order valence-corrected chi connectivity index (χ2v) is 5.29. The summed E-state index contributed by atoms with van der Waals surface area (Å²) in [7, 11) is 0. The first kappa shape index (κ1) is 16.0. The molecule has 0 spiro atoms. The van der Waals surface area contributed by atoms with Crippen molar-refractivity contribution in [3.63, 3.8) is 0 Å². The minimum Gasteiger partial charge on any atom is -0.370 e. The molecule has 0 amide bonds. The number of nitrogens with two attached hydrogens (primary N) is 1. The zero-order valence-corrected chi connectivity index (χ0v) is 13.8. The molecule has 0 aromatic rings. The molecule has 1 atom stereocenters. The molecule has 18 heavy (non-hydrogen) atoms. The number of hydrogen-bond acceptors (Lipinski definition) is 2. The highest BCUT2D eigenvalue weighted by Gasteiger charge is 2.21. The molecule has 0 aliphatic carbocycles. The van der Waals surface area contributed by atoms with Crippen molar-refractivity contribution in [3.8, 4) is 0 Å². The number of halogens is 1.